The van der Waals surface area contributed by atoms with E-state index in [4.69, 9.17) is 14.2 Å². The van der Waals surface area contributed by atoms with Gasteiger partial charge in [-0.05, 0) is 37.1 Å². The molecule has 1 amide bonds. The fourth-order valence-electron chi connectivity index (χ4n) is 3.92. The van der Waals surface area contributed by atoms with E-state index in [2.05, 4.69) is 10.2 Å². The summed E-state index contributed by atoms with van der Waals surface area (Å²) < 4.78 is 18.2. The lowest BCUT2D eigenvalue weighted by molar-refractivity contribution is 0.0706. The number of piperidine rings is 1. The molecule has 152 valence electrons. The largest absolute Gasteiger partial charge is 0.493 e. The number of nitrogens with zero attached hydrogens (tertiary/aromatic N) is 4. The lowest BCUT2D eigenvalue weighted by atomic mass is 9.95. The van der Waals surface area contributed by atoms with Gasteiger partial charge in [0.05, 0.1) is 26.9 Å². The highest BCUT2D eigenvalue weighted by molar-refractivity contribution is 5.98. The summed E-state index contributed by atoms with van der Waals surface area (Å²) in [6, 6.07) is 9.32. The molecule has 0 bridgehead atoms. The average molecular weight is 396 g/mol. The minimum atomic E-state index is -0.0765. The molecule has 3 heterocycles. The number of likely N-dealkylation sites (tertiary alicyclic amines) is 1. The molecule has 1 aliphatic rings. The Kier molecular flexibility index (Phi) is 5.24. The lowest BCUT2D eigenvalue weighted by Crippen LogP contribution is -2.38. The van der Waals surface area contributed by atoms with E-state index in [0.29, 0.717) is 35.9 Å². The van der Waals surface area contributed by atoms with Gasteiger partial charge in [0, 0.05) is 25.2 Å². The van der Waals surface area contributed by atoms with Crippen molar-refractivity contribution in [2.24, 2.45) is 0 Å². The lowest BCUT2D eigenvalue weighted by Gasteiger charge is -2.31. The second kappa shape index (κ2) is 7.98. The van der Waals surface area contributed by atoms with E-state index in [1.807, 2.05) is 33.7 Å². The van der Waals surface area contributed by atoms with Crippen molar-refractivity contribution in [1.82, 2.24) is 19.5 Å². The molecule has 1 aliphatic heterocycles. The number of carbonyl (C=O) groups excluding carboxylic acids is 1. The van der Waals surface area contributed by atoms with Crippen LogP contribution >= 0.6 is 0 Å². The van der Waals surface area contributed by atoms with Crippen molar-refractivity contribution in [2.45, 2.75) is 18.8 Å². The summed E-state index contributed by atoms with van der Waals surface area (Å²) in [7, 11) is 4.61. The fraction of sp³-hybridized carbons (Fsp3) is 0.381. The van der Waals surface area contributed by atoms with Crippen LogP contribution in [0.3, 0.4) is 0 Å². The highest BCUT2D eigenvalue weighted by Gasteiger charge is 2.30. The van der Waals surface area contributed by atoms with Gasteiger partial charge in [0.2, 0.25) is 5.75 Å². The van der Waals surface area contributed by atoms with Crippen molar-refractivity contribution in [3.63, 3.8) is 0 Å². The minimum Gasteiger partial charge on any atom is -0.493 e. The number of benzene rings is 1. The van der Waals surface area contributed by atoms with Crippen LogP contribution in [0.5, 0.6) is 17.2 Å². The highest BCUT2D eigenvalue weighted by atomic mass is 16.5. The van der Waals surface area contributed by atoms with Crippen molar-refractivity contribution in [1.29, 1.82) is 0 Å². The van der Waals surface area contributed by atoms with Crippen LogP contribution in [0.2, 0.25) is 0 Å². The number of carbonyl (C=O) groups is 1. The van der Waals surface area contributed by atoms with Crippen LogP contribution in [-0.4, -0.2) is 59.8 Å². The molecule has 1 saturated heterocycles. The maximum Gasteiger partial charge on any atom is 0.257 e. The van der Waals surface area contributed by atoms with Gasteiger partial charge in [-0.3, -0.25) is 9.20 Å². The Hall–Kier alpha value is -3.29. The van der Waals surface area contributed by atoms with E-state index >= 15 is 0 Å². The molecular weight excluding hydrogens is 372 g/mol. The first kappa shape index (κ1) is 19.0. The van der Waals surface area contributed by atoms with Gasteiger partial charge in [0.1, 0.15) is 5.82 Å². The number of pyridine rings is 1. The molecule has 0 aliphatic carbocycles. The number of amides is 1. The van der Waals surface area contributed by atoms with Crippen molar-refractivity contribution < 1.29 is 19.0 Å². The summed E-state index contributed by atoms with van der Waals surface area (Å²) in [5, 5.41) is 8.62. The second-order valence-corrected chi connectivity index (χ2v) is 6.94. The zero-order valence-corrected chi connectivity index (χ0v) is 16.8. The Balaban J connectivity index is 1.52. The maximum absolute atomic E-state index is 13.2. The molecule has 1 fully saturated rings. The highest BCUT2D eigenvalue weighted by Crippen LogP contribution is 2.40. The molecule has 0 saturated carbocycles. The van der Waals surface area contributed by atoms with E-state index in [-0.39, 0.29) is 11.8 Å². The van der Waals surface area contributed by atoms with Crippen LogP contribution in [-0.2, 0) is 0 Å². The van der Waals surface area contributed by atoms with Gasteiger partial charge < -0.3 is 19.1 Å². The topological polar surface area (TPSA) is 78.2 Å². The summed E-state index contributed by atoms with van der Waals surface area (Å²) in [4.78, 5) is 15.0. The minimum absolute atomic E-state index is 0.0765. The number of methoxy groups -OCH3 is 3. The molecule has 0 radical (unpaired) electrons. The first-order valence-electron chi connectivity index (χ1n) is 9.55. The Morgan fingerprint density at radius 3 is 2.41 bits per heavy atom. The van der Waals surface area contributed by atoms with E-state index in [1.165, 1.54) is 14.2 Å². The van der Waals surface area contributed by atoms with Crippen LogP contribution in [0, 0.1) is 0 Å². The van der Waals surface area contributed by atoms with Crippen LogP contribution in [0.1, 0.15) is 34.9 Å². The van der Waals surface area contributed by atoms with Crippen molar-refractivity contribution in [3.8, 4) is 17.2 Å². The smallest absolute Gasteiger partial charge is 0.257 e. The van der Waals surface area contributed by atoms with Crippen molar-refractivity contribution >= 4 is 11.6 Å². The Morgan fingerprint density at radius 1 is 0.966 bits per heavy atom. The Labute approximate surface area is 169 Å². The SMILES string of the molecule is COc1ccc(C(=O)N2CCC(c3nnc4ccccn34)CC2)c(OC)c1OC. The zero-order valence-electron chi connectivity index (χ0n) is 16.8. The number of hydrogen-bond acceptors (Lipinski definition) is 6. The predicted molar refractivity (Wildman–Crippen MR) is 107 cm³/mol. The summed E-state index contributed by atoms with van der Waals surface area (Å²) in [6.45, 7) is 1.28. The monoisotopic (exact) mass is 396 g/mol. The first-order valence-corrected chi connectivity index (χ1v) is 9.55. The van der Waals surface area contributed by atoms with Crippen molar-refractivity contribution in [2.75, 3.05) is 34.4 Å². The number of hydrogen-bond donors (Lipinski definition) is 0. The molecule has 0 spiro atoms. The molecule has 2 aromatic heterocycles. The summed E-state index contributed by atoms with van der Waals surface area (Å²) in [5.74, 6) is 2.49. The predicted octanol–water partition coefficient (Wildman–Crippen LogP) is 2.77. The van der Waals surface area contributed by atoms with Crippen molar-refractivity contribution in [3.05, 3.63) is 47.9 Å². The Bertz CT molecular complexity index is 1020. The molecule has 1 aromatic carbocycles. The molecule has 3 aromatic rings. The van der Waals surface area contributed by atoms with Gasteiger partial charge in [0.15, 0.2) is 17.1 Å². The molecule has 4 rings (SSSR count). The second-order valence-electron chi connectivity index (χ2n) is 6.94. The normalized spacial score (nSPS) is 14.8. The molecule has 0 N–H and O–H groups in total. The quantitative estimate of drug-likeness (QED) is 0.660. The molecule has 29 heavy (non-hydrogen) atoms. The van der Waals surface area contributed by atoms with Gasteiger partial charge in [-0.2, -0.15) is 0 Å². The van der Waals surface area contributed by atoms with Gasteiger partial charge in [-0.25, -0.2) is 0 Å². The summed E-state index contributed by atoms with van der Waals surface area (Å²) >= 11 is 0. The first-order chi connectivity index (χ1) is 14.2. The number of aromatic nitrogens is 3. The maximum atomic E-state index is 13.2. The van der Waals surface area contributed by atoms with Gasteiger partial charge in [-0.15, -0.1) is 10.2 Å². The van der Waals surface area contributed by atoms with Crippen LogP contribution in [0.25, 0.3) is 5.65 Å². The van der Waals surface area contributed by atoms with E-state index < -0.39 is 0 Å². The van der Waals surface area contributed by atoms with E-state index in [1.54, 1.807) is 19.2 Å². The van der Waals surface area contributed by atoms with Gasteiger partial charge in [0.25, 0.3) is 5.91 Å². The summed E-state index contributed by atoms with van der Waals surface area (Å²) in [5.41, 5.74) is 1.31. The van der Waals surface area contributed by atoms with E-state index in [0.717, 1.165) is 24.3 Å². The summed E-state index contributed by atoms with van der Waals surface area (Å²) in [6.07, 6.45) is 3.64. The van der Waals surface area contributed by atoms with E-state index in [9.17, 15) is 4.79 Å². The van der Waals surface area contributed by atoms with Crippen LogP contribution in [0.4, 0.5) is 0 Å². The van der Waals surface area contributed by atoms with Crippen LogP contribution < -0.4 is 14.2 Å². The zero-order chi connectivity index (χ0) is 20.4. The third-order valence-corrected chi connectivity index (χ3v) is 5.42. The number of ether oxygens (including phenoxy) is 3. The fourth-order valence-corrected chi connectivity index (χ4v) is 3.92. The van der Waals surface area contributed by atoms with Crippen LogP contribution in [0.15, 0.2) is 36.5 Å². The molecule has 0 unspecified atom stereocenters. The third-order valence-electron chi connectivity index (χ3n) is 5.42. The Morgan fingerprint density at radius 2 is 1.72 bits per heavy atom. The molecule has 8 nitrogen and oxygen atoms in total. The van der Waals surface area contributed by atoms with Gasteiger partial charge in [-0.1, -0.05) is 6.07 Å². The number of rotatable bonds is 5. The average Bonchev–Trinajstić information content (AvgIpc) is 3.21. The third kappa shape index (κ3) is 3.35. The number of fused-ring (bicyclic) bond motifs is 1. The molecular formula is C21H24N4O4. The molecule has 8 heteroatoms. The molecule has 0 atom stereocenters. The standard InChI is InChI=1S/C21H24N4O4/c1-27-16-8-7-15(18(28-2)19(16)29-3)21(26)24-12-9-14(10-13-24)20-23-22-17-6-4-5-11-25(17)20/h4-8,11,14H,9-10,12-13H2,1-3H3. The van der Waals surface area contributed by atoms with Gasteiger partial charge >= 0.3 is 0 Å².